The number of carbonyl (C=O) groups excluding carboxylic acids is 2. The number of H-pyrrole nitrogens is 1. The summed E-state index contributed by atoms with van der Waals surface area (Å²) < 4.78 is 78.3. The molecule has 1 amide bonds. The Morgan fingerprint density at radius 1 is 0.477 bits per heavy atom. The van der Waals surface area contributed by atoms with Crippen LogP contribution in [0.25, 0.3) is 89.2 Å². The lowest BCUT2D eigenvalue weighted by Gasteiger charge is -2.30. The number of esters is 1. The molecule has 41 heteroatoms. The van der Waals surface area contributed by atoms with Gasteiger partial charge >= 0.3 is 5.97 Å². The number of aromatic amines is 1. The summed E-state index contributed by atoms with van der Waals surface area (Å²) in [5.41, 5.74) is 20.1. The first-order chi connectivity index (χ1) is 71.8. The van der Waals surface area contributed by atoms with Gasteiger partial charge in [-0.2, -0.15) is 33.9 Å². The highest BCUT2D eigenvalue weighted by Crippen LogP contribution is 2.43. The zero-order chi connectivity index (χ0) is 103. The number of piperidine rings is 1. The number of amides is 1. The molecule has 0 bridgehead atoms. The van der Waals surface area contributed by atoms with Crippen molar-refractivity contribution in [3.63, 3.8) is 0 Å². The average molecular weight is 2100 g/mol. The number of aliphatic hydroxyl groups excluding tert-OH is 1. The minimum atomic E-state index is -3.08. The highest BCUT2D eigenvalue weighted by atomic mass is 35.5. The van der Waals surface area contributed by atoms with Crippen LogP contribution in [-0.4, -0.2) is 262 Å². The van der Waals surface area contributed by atoms with Gasteiger partial charge in [0.05, 0.1) is 209 Å². The number of benzene rings is 8. The summed E-state index contributed by atoms with van der Waals surface area (Å²) in [6.07, 6.45) is 28.7. The first-order valence-corrected chi connectivity index (χ1v) is 51.6. The number of fused-ring (bicyclic) bond motifs is 4. The van der Waals surface area contributed by atoms with Gasteiger partial charge in [0.25, 0.3) is 0 Å². The summed E-state index contributed by atoms with van der Waals surface area (Å²) in [7, 11) is 15.6. The lowest BCUT2D eigenvalue weighted by Crippen LogP contribution is -2.43. The van der Waals surface area contributed by atoms with E-state index in [0.717, 1.165) is 190 Å². The number of hydrogen-bond acceptors (Lipinski definition) is 33. The Balaban J connectivity index is 0.000000141. The zero-order valence-electron chi connectivity index (χ0n) is 84.9. The van der Waals surface area contributed by atoms with E-state index in [9.17, 15) is 23.1 Å². The molecule has 8 aromatic carbocycles. The number of hydrogen-bond donors (Lipinski definition) is 3. The summed E-state index contributed by atoms with van der Waals surface area (Å²) in [5, 5.41) is 32.0. The van der Waals surface area contributed by atoms with Gasteiger partial charge in [0, 0.05) is 230 Å². The predicted molar refractivity (Wildman–Crippen MR) is 584 cm³/mol. The number of aryl methyl sites for hydroxylation is 3. The molecule has 1 aliphatic carbocycles. The first-order valence-electron chi connectivity index (χ1n) is 48.4. The van der Waals surface area contributed by atoms with Gasteiger partial charge in [0.1, 0.15) is 68.5 Å². The molecule has 37 nitrogen and oxygen atoms in total. The molecule has 0 radical (unpaired) electrons. The minimum absolute atomic E-state index is 0. The second-order valence-electron chi connectivity index (χ2n) is 36.0. The molecule has 149 heavy (non-hydrogen) atoms. The lowest BCUT2D eigenvalue weighted by molar-refractivity contribution is -0.145. The standard InChI is InChI=1S/C29H35N7O3.C28H32N6O4.C27H31N5O5S.C24H20ClN5O2S.H2S/c1-34-10-5-6-20(18-34)29(37)30-9-11-36(23-12-24(38-3)15-25(13-23)39-4)22-7-8-26-27(14-22)33-28(17-31-26)21-16-32-35(2)19-21;1-32-18-19(16-30-32)26-17-29-24-8-7-20(14-25(24)31-26)34(21-12-22(36-2)15-23(13-21)37-3)11-10-33-9-5-6-27(33)28(35)38-4;1-36-23-11-22(12-24(14-23)37-9-8-33)32(17-19-3-4-19)21-5-6-25-26(13-21)30-27(16-28-25)20-15-29-31(18-20)7-10-38(2,34)35;1-31-18-7-17(8-19(10-18)32-2)30(14-20-4-6-24(25)33-20)16-3-5-21-22(9-16)29-23(13-26-21)15-11-27-28-12-15;/h7-8,12-17,19-20H,5-6,9-11,18H2,1-4H3,(H,30,37);7-8,12-18,27H,5-6,9-11H2,1-4H3;5-6,11-16,18-19,33H,3-4,7-10,17H2,1-2H3;3-13H,14H2,1-2H3,(H,27,28);1H2/t;27-;;;/m.0.../s1. The zero-order valence-corrected chi connectivity index (χ0v) is 88.3. The molecule has 3 N–H and O–H groups in total. The third-order valence-corrected chi connectivity index (χ3v) is 27.8. The Hall–Kier alpha value is -15.3. The van der Waals surface area contributed by atoms with Crippen LogP contribution < -0.4 is 62.8 Å². The maximum Gasteiger partial charge on any atom is 0.323 e. The summed E-state index contributed by atoms with van der Waals surface area (Å²) in [6, 6.07) is 51.0. The van der Waals surface area contributed by atoms with Crippen molar-refractivity contribution in [3.8, 4) is 91.0 Å². The number of rotatable bonds is 37. The number of nitrogens with one attached hydrogen (secondary N) is 2. The third kappa shape index (κ3) is 27.4. The Bertz CT molecular complexity index is 7540. The Labute approximate surface area is 879 Å². The molecule has 1 unspecified atom stereocenters. The van der Waals surface area contributed by atoms with Crippen LogP contribution in [0.15, 0.2) is 232 Å². The van der Waals surface area contributed by atoms with Crippen LogP contribution in [0.4, 0.5) is 45.5 Å². The molecule has 9 aromatic heterocycles. The van der Waals surface area contributed by atoms with Crippen molar-refractivity contribution >= 4 is 148 Å². The largest absolute Gasteiger partial charge is 0.497 e. The van der Waals surface area contributed by atoms with Crippen molar-refractivity contribution < 1.29 is 65.7 Å². The molecule has 2 aliphatic heterocycles. The molecule has 3 aliphatic rings. The monoisotopic (exact) mass is 2090 g/mol. The fourth-order valence-electron chi connectivity index (χ4n) is 17.7. The second kappa shape index (κ2) is 49.5. The number of likely N-dealkylation sites (tertiary alicyclic amines) is 2. The van der Waals surface area contributed by atoms with E-state index in [1.54, 1.807) is 137 Å². The van der Waals surface area contributed by atoms with E-state index < -0.39 is 9.84 Å². The molecule has 2 atom stereocenters. The highest BCUT2D eigenvalue weighted by molar-refractivity contribution is 7.90. The average Bonchev–Trinajstić information content (AvgIpc) is 1.68. The number of ether oxygens (including phenoxy) is 9. The van der Waals surface area contributed by atoms with E-state index >= 15 is 0 Å². The van der Waals surface area contributed by atoms with Crippen LogP contribution in [0.1, 0.15) is 43.4 Å². The number of aromatic nitrogens is 16. The number of anilines is 8. The fraction of sp³-hybridized carbons (Fsp3) is 0.315. The van der Waals surface area contributed by atoms with Gasteiger partial charge in [-0.15, -0.1) is 11.3 Å². The summed E-state index contributed by atoms with van der Waals surface area (Å²) in [6.45, 7) is 6.92. The smallest absolute Gasteiger partial charge is 0.323 e. The van der Waals surface area contributed by atoms with Crippen LogP contribution in [0.3, 0.4) is 0 Å². The van der Waals surface area contributed by atoms with Crippen LogP contribution in [0.2, 0.25) is 4.34 Å². The molecule has 776 valence electrons. The number of sulfone groups is 1. The number of aliphatic hydroxyl groups is 1. The van der Waals surface area contributed by atoms with Gasteiger partial charge in [0.2, 0.25) is 5.91 Å². The number of methoxy groups -OCH3 is 8. The summed E-state index contributed by atoms with van der Waals surface area (Å²) in [4.78, 5) is 77.4. The van der Waals surface area contributed by atoms with Crippen molar-refractivity contribution in [3.05, 3.63) is 241 Å². The molecular weight excluding hydrogens is 1970 g/mol. The van der Waals surface area contributed by atoms with Crippen molar-refractivity contribution in [2.45, 2.75) is 57.7 Å². The molecule has 2 saturated heterocycles. The maximum absolute atomic E-state index is 12.9. The van der Waals surface area contributed by atoms with E-state index in [0.29, 0.717) is 90.3 Å². The predicted octanol–water partition coefficient (Wildman–Crippen LogP) is 17.1. The van der Waals surface area contributed by atoms with E-state index in [1.807, 2.05) is 184 Å². The Morgan fingerprint density at radius 2 is 0.913 bits per heavy atom. The number of carbonyl (C=O) groups is 2. The van der Waals surface area contributed by atoms with E-state index in [4.69, 9.17) is 74.2 Å². The summed E-state index contributed by atoms with van der Waals surface area (Å²) in [5.74, 6) is 6.05. The third-order valence-electron chi connectivity index (χ3n) is 25.6. The Morgan fingerprint density at radius 3 is 1.34 bits per heavy atom. The van der Waals surface area contributed by atoms with Crippen LogP contribution in [-0.2, 0) is 51.3 Å². The maximum atomic E-state index is 12.9. The Kier molecular flexibility index (Phi) is 35.3. The number of halogens is 1. The van der Waals surface area contributed by atoms with Crippen LogP contribution >= 0.6 is 36.4 Å². The van der Waals surface area contributed by atoms with Crippen molar-refractivity contribution in [2.75, 3.05) is 161 Å². The van der Waals surface area contributed by atoms with E-state index in [1.165, 1.54) is 26.2 Å². The topological polar surface area (TPSA) is 388 Å². The van der Waals surface area contributed by atoms with Gasteiger partial charge in [-0.05, 0) is 150 Å². The lowest BCUT2D eigenvalue weighted by atomic mass is 9.98. The van der Waals surface area contributed by atoms with Gasteiger partial charge < -0.3 is 77.6 Å². The van der Waals surface area contributed by atoms with Gasteiger partial charge in [-0.3, -0.25) is 53.6 Å². The summed E-state index contributed by atoms with van der Waals surface area (Å²) >= 11 is 7.76. The molecule has 0 spiro atoms. The van der Waals surface area contributed by atoms with Gasteiger partial charge in [-0.1, -0.05) is 11.6 Å². The van der Waals surface area contributed by atoms with Gasteiger partial charge in [-0.25, -0.2) is 28.4 Å². The molecule has 1 saturated carbocycles. The normalized spacial score (nSPS) is 14.0. The molecule has 17 aromatic rings. The molecular formula is C108H120ClN23O14S3. The minimum Gasteiger partial charge on any atom is -0.497 e. The SMILES string of the molecule is COC(=O)[C@@H]1CCCN1CCN(c1cc(OC)cc(OC)c1)c1ccc2ncc(-c3cnn(C)c3)nc2c1.COc1cc(OC)cc(N(CCNC(=O)C2CCCN(C)C2)c2ccc3ncc(-c4cnn(C)c4)nc3c2)c1.COc1cc(OC)cc(N(Cc2ccc(Cl)s2)c2ccc3ncc(-c4cn[nH]c4)nc3c2)c1.COc1cc(OCCO)cc(N(CC2CC2)c2ccc3ncc(-c4cnn(CCS(C)(=O)=O)c4)nc3c2)c1.S. The first kappa shape index (κ1) is 106. The number of thiophene rings is 1. The van der Waals surface area contributed by atoms with Crippen molar-refractivity contribution in [1.29, 1.82) is 0 Å². The van der Waals surface area contributed by atoms with E-state index in [-0.39, 0.29) is 62.8 Å². The highest BCUT2D eigenvalue weighted by Gasteiger charge is 2.33. The quantitative estimate of drug-likeness (QED) is 0.0304. The van der Waals surface area contributed by atoms with Crippen molar-refractivity contribution in [1.82, 2.24) is 94.5 Å². The molecule has 3 fully saturated rings. The van der Waals surface area contributed by atoms with Crippen LogP contribution in [0.5, 0.6) is 46.0 Å². The fourth-order valence-corrected chi connectivity index (χ4v) is 19.3. The molecule has 11 heterocycles. The number of nitrogens with zero attached hydrogens (tertiary/aromatic N) is 21. The molecule has 20 rings (SSSR count). The van der Waals surface area contributed by atoms with Crippen LogP contribution in [0, 0.1) is 11.8 Å². The van der Waals surface area contributed by atoms with Crippen molar-refractivity contribution in [2.24, 2.45) is 25.9 Å². The van der Waals surface area contributed by atoms with Gasteiger partial charge in [0.15, 0.2) is 0 Å². The van der Waals surface area contributed by atoms with E-state index in [2.05, 4.69) is 87.2 Å². The second-order valence-corrected chi connectivity index (χ2v) is 40.1.